The fourth-order valence-corrected chi connectivity index (χ4v) is 2.45. The van der Waals surface area contributed by atoms with Crippen LogP contribution in [0.3, 0.4) is 0 Å². The summed E-state index contributed by atoms with van der Waals surface area (Å²) in [5.74, 6) is 0.714. The number of hydrogen-bond acceptors (Lipinski definition) is 6. The van der Waals surface area contributed by atoms with Crippen LogP contribution in [-0.4, -0.2) is 44.4 Å². The predicted molar refractivity (Wildman–Crippen MR) is 75.6 cm³/mol. The molecule has 0 unspecified atom stereocenters. The monoisotopic (exact) mass is 273 g/mol. The van der Waals surface area contributed by atoms with Crippen molar-refractivity contribution in [3.05, 3.63) is 4.88 Å². The van der Waals surface area contributed by atoms with Gasteiger partial charge in [-0.1, -0.05) is 11.3 Å². The van der Waals surface area contributed by atoms with Crippen LogP contribution in [0, 0.1) is 0 Å². The van der Waals surface area contributed by atoms with Gasteiger partial charge in [-0.25, -0.2) is 0 Å². The highest BCUT2D eigenvalue weighted by Crippen LogP contribution is 2.30. The molecule has 0 atom stereocenters. The first kappa shape index (κ1) is 15.2. The zero-order valence-electron chi connectivity index (χ0n) is 11.4. The molecule has 5 nitrogen and oxygen atoms in total. The molecule has 0 bridgehead atoms. The zero-order valence-corrected chi connectivity index (χ0v) is 12.2. The Hall–Kier alpha value is -0.850. The van der Waals surface area contributed by atoms with Gasteiger partial charge in [-0.15, -0.1) is 0 Å². The summed E-state index contributed by atoms with van der Waals surface area (Å²) in [6, 6.07) is 0. The second kappa shape index (κ2) is 8.29. The molecule has 18 heavy (non-hydrogen) atoms. The third-order valence-electron chi connectivity index (χ3n) is 2.52. The van der Waals surface area contributed by atoms with Crippen molar-refractivity contribution in [2.24, 2.45) is 0 Å². The quantitative estimate of drug-likeness (QED) is 0.667. The van der Waals surface area contributed by atoms with E-state index < -0.39 is 0 Å². The van der Waals surface area contributed by atoms with Gasteiger partial charge in [-0.2, -0.15) is 4.98 Å². The Morgan fingerprint density at radius 2 is 2.11 bits per heavy atom. The molecule has 1 rings (SSSR count). The highest BCUT2D eigenvalue weighted by atomic mass is 32.1. The van der Waals surface area contributed by atoms with E-state index in [2.05, 4.69) is 10.3 Å². The molecule has 0 fully saturated rings. The maximum absolute atomic E-state index is 8.68. The van der Waals surface area contributed by atoms with Crippen molar-refractivity contribution in [2.45, 2.75) is 25.8 Å². The van der Waals surface area contributed by atoms with E-state index in [1.807, 2.05) is 19.0 Å². The highest BCUT2D eigenvalue weighted by molar-refractivity contribution is 7.15. The number of anilines is 1. The van der Waals surface area contributed by atoms with Gasteiger partial charge in [-0.05, 0) is 25.8 Å². The minimum atomic E-state index is 0.287. The Balaban J connectivity index is 2.36. The number of ether oxygens (including phenoxy) is 1. The van der Waals surface area contributed by atoms with Gasteiger partial charge in [0.15, 0.2) is 5.13 Å². The smallest absolute Gasteiger partial charge is 0.230 e. The molecule has 1 aromatic heterocycles. The molecule has 0 aromatic carbocycles. The molecule has 0 aliphatic heterocycles. The molecule has 0 aliphatic rings. The molecule has 0 saturated heterocycles. The van der Waals surface area contributed by atoms with Gasteiger partial charge in [0.25, 0.3) is 0 Å². The number of hydrogen-bond donors (Lipinski definition) is 2. The lowest BCUT2D eigenvalue weighted by Crippen LogP contribution is -2.14. The Labute approximate surface area is 113 Å². The largest absolute Gasteiger partial charge is 0.480 e. The van der Waals surface area contributed by atoms with E-state index in [1.54, 1.807) is 18.4 Å². The normalized spacial score (nSPS) is 10.7. The van der Waals surface area contributed by atoms with Crippen molar-refractivity contribution in [3.63, 3.8) is 0 Å². The summed E-state index contributed by atoms with van der Waals surface area (Å²) >= 11 is 1.65. The lowest BCUT2D eigenvalue weighted by atomic mass is 10.2. The minimum Gasteiger partial charge on any atom is -0.480 e. The molecule has 1 heterocycles. The average Bonchev–Trinajstić information content (AvgIpc) is 2.77. The van der Waals surface area contributed by atoms with E-state index in [-0.39, 0.29) is 6.61 Å². The van der Waals surface area contributed by atoms with E-state index in [4.69, 9.17) is 9.84 Å². The van der Waals surface area contributed by atoms with Gasteiger partial charge >= 0.3 is 0 Å². The third-order valence-corrected chi connectivity index (χ3v) is 3.73. The number of aliphatic hydroxyl groups excluding tert-OH is 1. The van der Waals surface area contributed by atoms with E-state index in [0.717, 1.165) is 42.4 Å². The van der Waals surface area contributed by atoms with Gasteiger partial charge < -0.3 is 20.1 Å². The number of aromatic nitrogens is 1. The second-order valence-corrected chi connectivity index (χ2v) is 5.35. The summed E-state index contributed by atoms with van der Waals surface area (Å²) in [6.07, 6.45) is 3.03. The van der Waals surface area contributed by atoms with Crippen molar-refractivity contribution in [1.29, 1.82) is 0 Å². The van der Waals surface area contributed by atoms with Crippen LogP contribution in [0.25, 0.3) is 0 Å². The Kier molecular flexibility index (Phi) is 7.00. The van der Waals surface area contributed by atoms with Crippen LogP contribution < -0.4 is 15.0 Å². The number of thiazole rings is 1. The maximum atomic E-state index is 8.68. The summed E-state index contributed by atoms with van der Waals surface area (Å²) in [7, 11) is 5.61. The molecular formula is C12H23N3O2S. The van der Waals surface area contributed by atoms with E-state index in [1.165, 1.54) is 0 Å². The number of aliphatic hydroxyl groups is 1. The fraction of sp³-hybridized carbons (Fsp3) is 0.750. The average molecular weight is 273 g/mol. The van der Waals surface area contributed by atoms with Crippen LogP contribution in [0.1, 0.15) is 24.1 Å². The second-order valence-electron chi connectivity index (χ2n) is 4.28. The third kappa shape index (κ3) is 4.80. The van der Waals surface area contributed by atoms with Crippen LogP contribution in [0.2, 0.25) is 0 Å². The van der Waals surface area contributed by atoms with Crippen LogP contribution >= 0.6 is 11.3 Å². The SMILES string of the molecule is COc1nc(N(C)C)sc1CNCCCCCO. The summed E-state index contributed by atoms with van der Waals surface area (Å²) in [5, 5.41) is 13.0. The number of nitrogens with one attached hydrogen (secondary N) is 1. The Morgan fingerprint density at radius 3 is 2.72 bits per heavy atom. The van der Waals surface area contributed by atoms with Gasteiger partial charge in [-0.3, -0.25) is 0 Å². The standard InChI is InChI=1S/C12H23N3O2S/c1-15(2)12-14-11(17-3)10(18-12)9-13-7-5-4-6-8-16/h13,16H,4-9H2,1-3H3. The molecule has 0 spiro atoms. The molecule has 104 valence electrons. The van der Waals surface area contributed by atoms with Crippen molar-refractivity contribution < 1.29 is 9.84 Å². The molecule has 0 aliphatic carbocycles. The van der Waals surface area contributed by atoms with E-state index in [0.29, 0.717) is 5.88 Å². The molecular weight excluding hydrogens is 250 g/mol. The van der Waals surface area contributed by atoms with Crippen LogP contribution in [-0.2, 0) is 6.54 Å². The van der Waals surface area contributed by atoms with Crippen molar-refractivity contribution in [2.75, 3.05) is 39.3 Å². The summed E-state index contributed by atoms with van der Waals surface area (Å²) in [4.78, 5) is 7.52. The van der Waals surface area contributed by atoms with Crippen LogP contribution in [0.4, 0.5) is 5.13 Å². The lowest BCUT2D eigenvalue weighted by molar-refractivity contribution is 0.283. The lowest BCUT2D eigenvalue weighted by Gasteiger charge is -2.05. The zero-order chi connectivity index (χ0) is 13.4. The number of nitrogens with zero attached hydrogens (tertiary/aromatic N) is 2. The molecule has 6 heteroatoms. The summed E-state index contributed by atoms with van der Waals surface area (Å²) in [6.45, 7) is 2.03. The van der Waals surface area contributed by atoms with Gasteiger partial charge in [0.2, 0.25) is 5.88 Å². The van der Waals surface area contributed by atoms with Gasteiger partial charge in [0, 0.05) is 27.2 Å². The van der Waals surface area contributed by atoms with Crippen LogP contribution in [0.15, 0.2) is 0 Å². The first-order valence-corrected chi connectivity index (χ1v) is 7.03. The number of methoxy groups -OCH3 is 1. The predicted octanol–water partition coefficient (Wildman–Crippen LogP) is 1.47. The summed E-state index contributed by atoms with van der Waals surface area (Å²) < 4.78 is 5.27. The first-order chi connectivity index (χ1) is 8.69. The number of rotatable bonds is 9. The molecule has 2 N–H and O–H groups in total. The maximum Gasteiger partial charge on any atom is 0.230 e. The van der Waals surface area contributed by atoms with Crippen molar-refractivity contribution in [3.8, 4) is 5.88 Å². The van der Waals surface area contributed by atoms with Gasteiger partial charge in [0.1, 0.15) is 0 Å². The number of unbranched alkanes of at least 4 members (excludes halogenated alkanes) is 2. The van der Waals surface area contributed by atoms with Crippen molar-refractivity contribution >= 4 is 16.5 Å². The summed E-state index contributed by atoms with van der Waals surface area (Å²) in [5.41, 5.74) is 0. The topological polar surface area (TPSA) is 57.6 Å². The molecule has 0 radical (unpaired) electrons. The molecule has 0 amide bonds. The van der Waals surface area contributed by atoms with Gasteiger partial charge in [0.05, 0.1) is 12.0 Å². The molecule has 0 saturated carbocycles. The highest BCUT2D eigenvalue weighted by Gasteiger charge is 2.12. The van der Waals surface area contributed by atoms with E-state index in [9.17, 15) is 0 Å². The first-order valence-electron chi connectivity index (χ1n) is 6.21. The fourth-order valence-electron chi connectivity index (χ4n) is 1.53. The Morgan fingerprint density at radius 1 is 1.33 bits per heavy atom. The minimum absolute atomic E-state index is 0.287. The Bertz CT molecular complexity index is 342. The molecule has 1 aromatic rings. The van der Waals surface area contributed by atoms with E-state index >= 15 is 0 Å². The van der Waals surface area contributed by atoms with Crippen molar-refractivity contribution in [1.82, 2.24) is 10.3 Å². The van der Waals surface area contributed by atoms with Crippen LogP contribution in [0.5, 0.6) is 5.88 Å².